The average Bonchev–Trinajstić information content (AvgIpc) is 2.69. The lowest BCUT2D eigenvalue weighted by atomic mass is 10.1. The van der Waals surface area contributed by atoms with E-state index in [1.165, 1.54) is 18.5 Å². The second kappa shape index (κ2) is 8.67. The van der Waals surface area contributed by atoms with E-state index in [0.717, 1.165) is 6.26 Å². The van der Waals surface area contributed by atoms with Gasteiger partial charge in [0.25, 0.3) is 0 Å². The molecular weight excluding hydrogens is 459 g/mol. The largest absolute Gasteiger partial charge is 0.435 e. The molecule has 3 rings (SSSR count). The van der Waals surface area contributed by atoms with Crippen molar-refractivity contribution in [3.8, 4) is 29.0 Å². The number of alkyl halides is 3. The van der Waals surface area contributed by atoms with Gasteiger partial charge in [-0.05, 0) is 44.5 Å². The number of halogens is 3. The fraction of sp³-hybridized carbons (Fsp3) is 0.238. The molecule has 12 heteroatoms. The third-order valence-corrected chi connectivity index (χ3v) is 4.97. The minimum absolute atomic E-state index is 0.109. The molecule has 8 nitrogen and oxygen atoms in total. The number of hydrogen-bond acceptors (Lipinski definition) is 7. The van der Waals surface area contributed by atoms with Crippen molar-refractivity contribution in [2.24, 2.45) is 0 Å². The summed E-state index contributed by atoms with van der Waals surface area (Å²) < 4.78 is 73.4. The van der Waals surface area contributed by atoms with Gasteiger partial charge in [0.05, 0.1) is 28.8 Å². The summed E-state index contributed by atoms with van der Waals surface area (Å²) in [6.07, 6.45) is -1.76. The molecule has 0 aliphatic heterocycles. The van der Waals surface area contributed by atoms with Crippen LogP contribution in [0.15, 0.2) is 30.6 Å². The monoisotopic (exact) mass is 477 g/mol. The predicted molar refractivity (Wildman–Crippen MR) is 114 cm³/mol. The molecule has 0 bridgehead atoms. The number of rotatable bonds is 5. The predicted octanol–water partition coefficient (Wildman–Crippen LogP) is 4.52. The van der Waals surface area contributed by atoms with Gasteiger partial charge in [0, 0.05) is 23.7 Å². The Morgan fingerprint density at radius 2 is 1.79 bits per heavy atom. The van der Waals surface area contributed by atoms with E-state index in [2.05, 4.69) is 15.0 Å². The van der Waals surface area contributed by atoms with Crippen LogP contribution in [0.2, 0.25) is 0 Å². The van der Waals surface area contributed by atoms with Crippen molar-refractivity contribution in [3.05, 3.63) is 58.7 Å². The van der Waals surface area contributed by atoms with Crippen molar-refractivity contribution in [1.82, 2.24) is 15.0 Å². The van der Waals surface area contributed by atoms with Crippen LogP contribution in [0, 0.1) is 32.1 Å². The number of nitrogens with zero attached hydrogens (tertiary/aromatic N) is 4. The first-order valence-corrected chi connectivity index (χ1v) is 11.3. The number of nitrogens with one attached hydrogen (secondary N) is 1. The van der Waals surface area contributed by atoms with E-state index in [9.17, 15) is 21.6 Å². The molecule has 0 unspecified atom stereocenters. The molecule has 0 aromatic carbocycles. The van der Waals surface area contributed by atoms with E-state index < -0.39 is 33.3 Å². The molecule has 0 saturated carbocycles. The highest BCUT2D eigenvalue weighted by atomic mass is 32.2. The fourth-order valence-electron chi connectivity index (χ4n) is 3.15. The molecule has 0 amide bonds. The number of ether oxygens (including phenoxy) is 1. The zero-order chi connectivity index (χ0) is 24.6. The van der Waals surface area contributed by atoms with E-state index in [1.54, 1.807) is 26.8 Å². The SMILES string of the molecule is Cc1cc(C)c(Oc2nc(-c3cncc(C#N)c3)cc(C(F)(F)F)c2NS(C)(=O)=O)c(C)n1. The van der Waals surface area contributed by atoms with Crippen LogP contribution >= 0.6 is 0 Å². The van der Waals surface area contributed by atoms with Gasteiger partial charge in [0.1, 0.15) is 11.8 Å². The Morgan fingerprint density at radius 1 is 1.09 bits per heavy atom. The Kier molecular flexibility index (Phi) is 6.29. The van der Waals surface area contributed by atoms with Gasteiger partial charge in [-0.2, -0.15) is 18.4 Å². The van der Waals surface area contributed by atoms with Crippen molar-refractivity contribution in [3.63, 3.8) is 0 Å². The Balaban J connectivity index is 2.33. The number of hydrogen-bond donors (Lipinski definition) is 1. The number of pyridine rings is 3. The maximum Gasteiger partial charge on any atom is 0.418 e. The second-order valence-electron chi connectivity index (χ2n) is 7.28. The van der Waals surface area contributed by atoms with E-state index in [0.29, 0.717) is 23.0 Å². The average molecular weight is 477 g/mol. The van der Waals surface area contributed by atoms with E-state index in [-0.39, 0.29) is 22.6 Å². The first-order chi connectivity index (χ1) is 15.3. The van der Waals surface area contributed by atoms with Crippen molar-refractivity contribution in [2.75, 3.05) is 11.0 Å². The van der Waals surface area contributed by atoms with E-state index in [1.807, 2.05) is 10.8 Å². The smallest absolute Gasteiger partial charge is 0.418 e. The fourth-order valence-corrected chi connectivity index (χ4v) is 3.72. The van der Waals surface area contributed by atoms with E-state index in [4.69, 9.17) is 10.00 Å². The summed E-state index contributed by atoms with van der Waals surface area (Å²) in [6, 6.07) is 5.51. The zero-order valence-corrected chi connectivity index (χ0v) is 18.8. The summed E-state index contributed by atoms with van der Waals surface area (Å²) in [7, 11) is -4.13. The molecule has 1 N–H and O–H groups in total. The highest BCUT2D eigenvalue weighted by Crippen LogP contribution is 2.43. The molecule has 172 valence electrons. The summed E-state index contributed by atoms with van der Waals surface area (Å²) in [5.74, 6) is -0.483. The minimum atomic E-state index is -4.96. The maximum atomic E-state index is 14.0. The van der Waals surface area contributed by atoms with Crippen molar-refractivity contribution in [2.45, 2.75) is 26.9 Å². The Bertz CT molecular complexity index is 1360. The van der Waals surface area contributed by atoms with Gasteiger partial charge in [0.15, 0.2) is 5.75 Å². The third kappa shape index (κ3) is 5.56. The molecule has 33 heavy (non-hydrogen) atoms. The molecule has 0 saturated heterocycles. The lowest BCUT2D eigenvalue weighted by molar-refractivity contribution is -0.137. The topological polar surface area (TPSA) is 118 Å². The normalized spacial score (nSPS) is 11.7. The molecule has 3 aromatic heterocycles. The van der Waals surface area contributed by atoms with Crippen molar-refractivity contribution < 1.29 is 26.3 Å². The summed E-state index contributed by atoms with van der Waals surface area (Å²) in [5, 5.41) is 9.10. The molecule has 0 atom stereocenters. The molecule has 0 fully saturated rings. The Hall–Kier alpha value is -3.72. The molecule has 0 aliphatic rings. The highest BCUT2D eigenvalue weighted by Gasteiger charge is 2.38. The van der Waals surface area contributed by atoms with Gasteiger partial charge in [-0.1, -0.05) is 0 Å². The molecular formula is C21H18F3N5O3S. The third-order valence-electron chi connectivity index (χ3n) is 4.40. The molecule has 0 spiro atoms. The van der Waals surface area contributed by atoms with Crippen LogP contribution in [-0.2, 0) is 16.2 Å². The van der Waals surface area contributed by atoms with Gasteiger partial charge in [-0.25, -0.2) is 13.4 Å². The molecule has 0 radical (unpaired) electrons. The number of aromatic nitrogens is 3. The van der Waals surface area contributed by atoms with Gasteiger partial charge in [-0.15, -0.1) is 0 Å². The van der Waals surface area contributed by atoms with E-state index >= 15 is 0 Å². The summed E-state index contributed by atoms with van der Waals surface area (Å²) >= 11 is 0. The van der Waals surface area contributed by atoms with Crippen LogP contribution in [0.3, 0.4) is 0 Å². The summed E-state index contributed by atoms with van der Waals surface area (Å²) in [5.41, 5.74) is -0.543. The van der Waals surface area contributed by atoms with Crippen LogP contribution in [0.1, 0.15) is 28.1 Å². The lowest BCUT2D eigenvalue weighted by Gasteiger charge is -2.20. The number of aryl methyl sites for hydroxylation is 3. The molecule has 0 aliphatic carbocycles. The quantitative estimate of drug-likeness (QED) is 0.574. The highest BCUT2D eigenvalue weighted by molar-refractivity contribution is 7.92. The molecule has 3 aromatic rings. The molecule has 3 heterocycles. The lowest BCUT2D eigenvalue weighted by Crippen LogP contribution is -2.17. The van der Waals surface area contributed by atoms with Gasteiger partial charge >= 0.3 is 6.18 Å². The second-order valence-corrected chi connectivity index (χ2v) is 9.03. The van der Waals surface area contributed by atoms with Crippen LogP contribution in [0.5, 0.6) is 11.6 Å². The number of nitriles is 1. The number of sulfonamides is 1. The summed E-state index contributed by atoms with van der Waals surface area (Å²) in [6.45, 7) is 5.03. The van der Waals surface area contributed by atoms with Crippen LogP contribution in [-0.4, -0.2) is 29.6 Å². The van der Waals surface area contributed by atoms with Gasteiger partial charge in [0.2, 0.25) is 15.9 Å². The standard InChI is InChI=1S/C21H18F3N5O3S/c1-11-5-12(2)27-13(3)19(11)32-20-18(29-33(4,30)31)16(21(22,23)24)7-17(28-20)15-6-14(8-25)9-26-10-15/h5-7,9-10,29H,1-4H3. The van der Waals surface area contributed by atoms with Crippen LogP contribution < -0.4 is 9.46 Å². The zero-order valence-electron chi connectivity index (χ0n) is 17.9. The Morgan fingerprint density at radius 3 is 2.36 bits per heavy atom. The van der Waals surface area contributed by atoms with Gasteiger partial charge < -0.3 is 4.74 Å². The van der Waals surface area contributed by atoms with Crippen LogP contribution in [0.25, 0.3) is 11.3 Å². The number of anilines is 1. The maximum absolute atomic E-state index is 14.0. The Labute approximate surface area is 188 Å². The first-order valence-electron chi connectivity index (χ1n) is 9.36. The van der Waals surface area contributed by atoms with Gasteiger partial charge in [-0.3, -0.25) is 14.7 Å². The summed E-state index contributed by atoms with van der Waals surface area (Å²) in [4.78, 5) is 12.3. The van der Waals surface area contributed by atoms with Crippen molar-refractivity contribution >= 4 is 15.7 Å². The van der Waals surface area contributed by atoms with Crippen molar-refractivity contribution in [1.29, 1.82) is 5.26 Å². The minimum Gasteiger partial charge on any atom is -0.435 e. The first kappa shape index (κ1) is 23.9. The van der Waals surface area contributed by atoms with Crippen LogP contribution in [0.4, 0.5) is 18.9 Å².